The first-order valence-electron chi connectivity index (χ1n) is 9.96. The maximum atomic E-state index is 12.6. The van der Waals surface area contributed by atoms with Crippen LogP contribution in [-0.4, -0.2) is 24.1 Å². The SMILES string of the molecule is CCC/C(C)=C/C=C(/C)C(=O)c1c(O)cc(C(C)CC/C=C/NC(=O)OC)oc1=O. The van der Waals surface area contributed by atoms with Crippen LogP contribution >= 0.6 is 0 Å². The van der Waals surface area contributed by atoms with Crippen LogP contribution in [0.5, 0.6) is 5.75 Å². The Bertz CT molecular complexity index is 891. The van der Waals surface area contributed by atoms with E-state index in [9.17, 15) is 19.5 Å². The minimum absolute atomic E-state index is 0.174. The fourth-order valence-corrected chi connectivity index (χ4v) is 2.73. The second-order valence-electron chi connectivity index (χ2n) is 7.15. The van der Waals surface area contributed by atoms with Crippen LogP contribution in [0.4, 0.5) is 4.79 Å². The number of nitrogens with one attached hydrogen (secondary N) is 1. The Labute approximate surface area is 177 Å². The lowest BCUT2D eigenvalue weighted by Gasteiger charge is -2.11. The van der Waals surface area contributed by atoms with Crippen LogP contribution in [0.25, 0.3) is 0 Å². The minimum Gasteiger partial charge on any atom is -0.507 e. The Hall–Kier alpha value is -3.09. The summed E-state index contributed by atoms with van der Waals surface area (Å²) in [7, 11) is 1.27. The first-order valence-corrected chi connectivity index (χ1v) is 9.96. The second kappa shape index (κ2) is 12.5. The predicted molar refractivity (Wildman–Crippen MR) is 116 cm³/mol. The smallest absolute Gasteiger partial charge is 0.410 e. The summed E-state index contributed by atoms with van der Waals surface area (Å²) in [6, 6.07) is 1.32. The van der Waals surface area contributed by atoms with Gasteiger partial charge in [0.2, 0.25) is 0 Å². The molecule has 0 aliphatic carbocycles. The zero-order chi connectivity index (χ0) is 22.7. The van der Waals surface area contributed by atoms with E-state index in [-0.39, 0.29) is 17.2 Å². The van der Waals surface area contributed by atoms with Crippen molar-refractivity contribution >= 4 is 11.9 Å². The summed E-state index contributed by atoms with van der Waals surface area (Å²) in [6.07, 6.45) is 9.28. The Morgan fingerprint density at radius 1 is 1.30 bits per heavy atom. The van der Waals surface area contributed by atoms with Crippen molar-refractivity contribution in [2.24, 2.45) is 0 Å². The molecule has 0 saturated heterocycles. The van der Waals surface area contributed by atoms with E-state index >= 15 is 0 Å². The summed E-state index contributed by atoms with van der Waals surface area (Å²) in [5.41, 5.74) is 0.258. The Kier molecular flexibility index (Phi) is 10.4. The third-order valence-electron chi connectivity index (χ3n) is 4.55. The van der Waals surface area contributed by atoms with Crippen molar-refractivity contribution in [3.63, 3.8) is 0 Å². The average Bonchev–Trinajstić information content (AvgIpc) is 2.70. The number of hydrogen-bond donors (Lipinski definition) is 2. The van der Waals surface area contributed by atoms with Gasteiger partial charge in [-0.25, -0.2) is 9.59 Å². The van der Waals surface area contributed by atoms with Crippen LogP contribution in [0.2, 0.25) is 0 Å². The van der Waals surface area contributed by atoms with Crippen molar-refractivity contribution in [1.82, 2.24) is 5.32 Å². The van der Waals surface area contributed by atoms with E-state index in [1.807, 2.05) is 19.9 Å². The number of Topliss-reactive ketones (excluding diaryl/α,β-unsaturated/α-hetero) is 1. The highest BCUT2D eigenvalue weighted by Gasteiger charge is 2.21. The number of amides is 1. The predicted octanol–water partition coefficient (Wildman–Crippen LogP) is 4.97. The molecular formula is C23H31NO6. The maximum Gasteiger partial charge on any atom is 0.410 e. The first kappa shape index (κ1) is 24.9. The molecule has 0 aliphatic rings. The molecule has 1 unspecified atom stereocenters. The maximum absolute atomic E-state index is 12.6. The molecule has 164 valence electrons. The first-order chi connectivity index (χ1) is 14.2. The lowest BCUT2D eigenvalue weighted by atomic mass is 9.99. The fraction of sp³-hybridized carbons (Fsp3) is 0.435. The molecule has 1 aromatic rings. The second-order valence-corrected chi connectivity index (χ2v) is 7.15. The number of methoxy groups -OCH3 is 1. The number of alkyl carbamates (subject to hydrolysis) is 1. The quantitative estimate of drug-likeness (QED) is 0.316. The minimum atomic E-state index is -0.855. The fourth-order valence-electron chi connectivity index (χ4n) is 2.73. The molecule has 0 aromatic carbocycles. The molecule has 2 N–H and O–H groups in total. The van der Waals surface area contributed by atoms with Crippen LogP contribution in [0.3, 0.4) is 0 Å². The van der Waals surface area contributed by atoms with Crippen molar-refractivity contribution in [3.8, 4) is 5.75 Å². The monoisotopic (exact) mass is 417 g/mol. The van der Waals surface area contributed by atoms with E-state index in [1.165, 1.54) is 19.4 Å². The van der Waals surface area contributed by atoms with Crippen LogP contribution in [-0.2, 0) is 4.74 Å². The zero-order valence-electron chi connectivity index (χ0n) is 18.3. The van der Waals surface area contributed by atoms with Gasteiger partial charge in [-0.1, -0.05) is 44.1 Å². The number of ketones is 1. The number of carbonyl (C=O) groups is 2. The van der Waals surface area contributed by atoms with Gasteiger partial charge >= 0.3 is 11.7 Å². The summed E-state index contributed by atoms with van der Waals surface area (Å²) in [4.78, 5) is 35.9. The Morgan fingerprint density at radius 2 is 2.00 bits per heavy atom. The molecule has 1 rings (SSSR count). The highest BCUT2D eigenvalue weighted by Crippen LogP contribution is 2.26. The molecule has 0 aliphatic heterocycles. The highest BCUT2D eigenvalue weighted by atomic mass is 16.5. The number of aromatic hydroxyl groups is 1. The Morgan fingerprint density at radius 3 is 2.60 bits per heavy atom. The molecule has 7 nitrogen and oxygen atoms in total. The molecule has 1 atom stereocenters. The van der Waals surface area contributed by atoms with Crippen LogP contribution in [0.15, 0.2) is 50.9 Å². The molecule has 0 spiro atoms. The van der Waals surface area contributed by atoms with Gasteiger partial charge < -0.3 is 14.3 Å². The zero-order valence-corrected chi connectivity index (χ0v) is 18.3. The van der Waals surface area contributed by atoms with Crippen molar-refractivity contribution < 1.29 is 23.8 Å². The summed E-state index contributed by atoms with van der Waals surface area (Å²) in [6.45, 7) is 7.48. The summed E-state index contributed by atoms with van der Waals surface area (Å²) >= 11 is 0. The molecule has 1 aromatic heterocycles. The van der Waals surface area contributed by atoms with Gasteiger partial charge in [0.15, 0.2) is 5.78 Å². The van der Waals surface area contributed by atoms with Crippen molar-refractivity contribution in [1.29, 1.82) is 0 Å². The average molecular weight is 418 g/mol. The molecule has 30 heavy (non-hydrogen) atoms. The van der Waals surface area contributed by atoms with E-state index in [0.717, 1.165) is 18.4 Å². The normalized spacial score (nSPS) is 13.4. The van der Waals surface area contributed by atoms with E-state index in [1.54, 1.807) is 19.1 Å². The van der Waals surface area contributed by atoms with E-state index in [4.69, 9.17) is 4.42 Å². The van der Waals surface area contributed by atoms with E-state index < -0.39 is 17.5 Å². The molecule has 0 saturated carbocycles. The largest absolute Gasteiger partial charge is 0.507 e. The molecule has 1 heterocycles. The van der Waals surface area contributed by atoms with Crippen LogP contribution < -0.4 is 10.9 Å². The van der Waals surface area contributed by atoms with Gasteiger partial charge in [0.05, 0.1) is 7.11 Å². The molecular weight excluding hydrogens is 386 g/mol. The van der Waals surface area contributed by atoms with Gasteiger partial charge in [0.25, 0.3) is 0 Å². The topological polar surface area (TPSA) is 106 Å². The van der Waals surface area contributed by atoms with Gasteiger partial charge in [-0.3, -0.25) is 10.1 Å². The Balaban J connectivity index is 2.89. The standard InChI is InChI=1S/C23H31NO6/c1-6-9-15(2)11-12-17(4)21(26)20-18(25)14-19(30-22(20)27)16(3)10-7-8-13-24-23(28)29-5/h8,11-14,16,25H,6-7,9-10H2,1-5H3,(H,24,28)/b13-8+,15-11+,17-12-. The molecule has 0 bridgehead atoms. The van der Waals surface area contributed by atoms with Crippen molar-refractivity contribution in [3.05, 3.63) is 63.4 Å². The summed E-state index contributed by atoms with van der Waals surface area (Å²) < 4.78 is 9.75. The summed E-state index contributed by atoms with van der Waals surface area (Å²) in [5.74, 6) is -0.823. The third kappa shape index (κ3) is 7.73. The van der Waals surface area contributed by atoms with Crippen molar-refractivity contribution in [2.45, 2.75) is 59.3 Å². The number of rotatable bonds is 10. The number of ether oxygens (including phenoxy) is 1. The van der Waals surface area contributed by atoms with Crippen LogP contribution in [0.1, 0.15) is 75.4 Å². The lowest BCUT2D eigenvalue weighted by molar-refractivity contribution is 0.102. The van der Waals surface area contributed by atoms with E-state index in [2.05, 4.69) is 17.0 Å². The molecule has 0 radical (unpaired) electrons. The van der Waals surface area contributed by atoms with Gasteiger partial charge in [0.1, 0.15) is 17.1 Å². The van der Waals surface area contributed by atoms with Crippen LogP contribution in [0, 0.1) is 0 Å². The molecule has 1 amide bonds. The summed E-state index contributed by atoms with van der Waals surface area (Å²) in [5, 5.41) is 12.7. The van der Waals surface area contributed by atoms with E-state index in [0.29, 0.717) is 24.2 Å². The third-order valence-corrected chi connectivity index (χ3v) is 4.55. The number of allylic oxidation sites excluding steroid dienone is 5. The van der Waals surface area contributed by atoms with Gasteiger partial charge in [-0.2, -0.15) is 0 Å². The molecule has 0 fully saturated rings. The number of hydrogen-bond acceptors (Lipinski definition) is 6. The van der Waals surface area contributed by atoms with Gasteiger partial charge in [-0.15, -0.1) is 0 Å². The van der Waals surface area contributed by atoms with Crippen molar-refractivity contribution in [2.75, 3.05) is 7.11 Å². The van der Waals surface area contributed by atoms with Gasteiger partial charge in [-0.05, 0) is 38.7 Å². The highest BCUT2D eigenvalue weighted by molar-refractivity contribution is 6.09. The molecule has 7 heteroatoms. The van der Waals surface area contributed by atoms with Gasteiger partial charge in [0, 0.05) is 18.2 Å². The number of carbonyl (C=O) groups excluding carboxylic acids is 2. The lowest BCUT2D eigenvalue weighted by Crippen LogP contribution is -2.16.